The summed E-state index contributed by atoms with van der Waals surface area (Å²) in [6.45, 7) is 0. The van der Waals surface area contributed by atoms with Crippen molar-refractivity contribution in [3.05, 3.63) is 0 Å². The van der Waals surface area contributed by atoms with E-state index in [1.165, 1.54) is 32.1 Å². The molecule has 0 aromatic carbocycles. The summed E-state index contributed by atoms with van der Waals surface area (Å²) < 4.78 is 1.01. The lowest BCUT2D eigenvalue weighted by molar-refractivity contribution is 0.399. The van der Waals surface area contributed by atoms with Crippen LogP contribution in [0.5, 0.6) is 0 Å². The van der Waals surface area contributed by atoms with Gasteiger partial charge in [-0.25, -0.2) is 0 Å². The Hall–Kier alpha value is 0.690. The van der Waals surface area contributed by atoms with Gasteiger partial charge in [-0.3, -0.25) is 0 Å². The number of hydrogen-bond donors (Lipinski definition) is 1. The molecule has 0 unspecified atom stereocenters. The molecule has 9 heavy (non-hydrogen) atoms. The second kappa shape index (κ2) is 6.81. The predicted octanol–water partition coefficient (Wildman–Crippen LogP) is 2.36. The van der Waals surface area contributed by atoms with E-state index in [9.17, 15) is 0 Å². The molecule has 0 heterocycles. The molecule has 0 bridgehead atoms. The summed E-state index contributed by atoms with van der Waals surface area (Å²) in [6.07, 6.45) is 7.39. The number of hydrogen-bond acceptors (Lipinski definition) is 1. The van der Waals surface area contributed by atoms with Crippen molar-refractivity contribution in [1.29, 1.82) is 0 Å². The van der Waals surface area contributed by atoms with Crippen LogP contribution in [0.15, 0.2) is 0 Å². The molecule has 1 aliphatic carbocycles. The van der Waals surface area contributed by atoms with Crippen molar-refractivity contribution < 1.29 is 5.11 Å². The SMILES string of the molecule is CO.IC1CCCCC1. The van der Waals surface area contributed by atoms with E-state index in [1.807, 2.05) is 0 Å². The van der Waals surface area contributed by atoms with E-state index in [0.717, 1.165) is 11.0 Å². The van der Waals surface area contributed by atoms with Gasteiger partial charge in [0.15, 0.2) is 0 Å². The summed E-state index contributed by atoms with van der Waals surface area (Å²) in [4.78, 5) is 0. The summed E-state index contributed by atoms with van der Waals surface area (Å²) in [6, 6.07) is 0. The highest BCUT2D eigenvalue weighted by molar-refractivity contribution is 14.1. The second-order valence-electron chi connectivity index (χ2n) is 2.24. The molecular weight excluding hydrogens is 227 g/mol. The van der Waals surface area contributed by atoms with Crippen molar-refractivity contribution in [3.63, 3.8) is 0 Å². The van der Waals surface area contributed by atoms with Gasteiger partial charge < -0.3 is 5.11 Å². The van der Waals surface area contributed by atoms with Gasteiger partial charge in [-0.05, 0) is 12.8 Å². The van der Waals surface area contributed by atoms with Gasteiger partial charge in [0, 0.05) is 11.0 Å². The zero-order chi connectivity index (χ0) is 7.11. The second-order valence-corrected chi connectivity index (χ2v) is 4.00. The molecular formula is C7H15IO. The summed E-state index contributed by atoms with van der Waals surface area (Å²) >= 11 is 2.56. The van der Waals surface area contributed by atoms with E-state index in [-0.39, 0.29) is 0 Å². The molecule has 0 spiro atoms. The van der Waals surface area contributed by atoms with Crippen LogP contribution in [0.4, 0.5) is 0 Å². The van der Waals surface area contributed by atoms with Crippen molar-refractivity contribution in [2.75, 3.05) is 7.11 Å². The largest absolute Gasteiger partial charge is 0.400 e. The first-order valence-corrected chi connectivity index (χ1v) is 4.73. The van der Waals surface area contributed by atoms with Crippen LogP contribution < -0.4 is 0 Å². The fraction of sp³-hybridized carbons (Fsp3) is 1.00. The lowest BCUT2D eigenvalue weighted by Gasteiger charge is -2.13. The van der Waals surface area contributed by atoms with E-state index in [0.29, 0.717) is 0 Å². The average Bonchev–Trinajstić information content (AvgIpc) is 1.94. The summed E-state index contributed by atoms with van der Waals surface area (Å²) in [5.74, 6) is 0. The van der Waals surface area contributed by atoms with Crippen LogP contribution in [0.1, 0.15) is 32.1 Å². The summed E-state index contributed by atoms with van der Waals surface area (Å²) in [5, 5.41) is 7.00. The number of halogens is 1. The zero-order valence-electron chi connectivity index (χ0n) is 5.94. The Morgan fingerprint density at radius 3 is 1.78 bits per heavy atom. The van der Waals surface area contributed by atoms with Crippen molar-refractivity contribution in [2.24, 2.45) is 0 Å². The maximum Gasteiger partial charge on any atom is 0.0319 e. The van der Waals surface area contributed by atoms with E-state index in [4.69, 9.17) is 5.11 Å². The standard InChI is InChI=1S/C6H11I.CH4O/c7-6-4-2-1-3-5-6;1-2/h6H,1-5H2;2H,1H3. The van der Waals surface area contributed by atoms with Gasteiger partial charge in [0.1, 0.15) is 0 Å². The summed E-state index contributed by atoms with van der Waals surface area (Å²) in [7, 11) is 1.00. The quantitative estimate of drug-likeness (QED) is 0.510. The highest BCUT2D eigenvalue weighted by Crippen LogP contribution is 2.23. The Labute approximate surface area is 71.0 Å². The van der Waals surface area contributed by atoms with Gasteiger partial charge in [0.2, 0.25) is 0 Å². The Morgan fingerprint density at radius 1 is 1.11 bits per heavy atom. The predicted molar refractivity (Wildman–Crippen MR) is 49.0 cm³/mol. The Kier molecular flexibility index (Phi) is 7.33. The van der Waals surface area contributed by atoms with E-state index >= 15 is 0 Å². The molecule has 1 rings (SSSR count). The van der Waals surface area contributed by atoms with Gasteiger partial charge in [-0.1, -0.05) is 41.9 Å². The monoisotopic (exact) mass is 242 g/mol. The molecule has 0 atom stereocenters. The smallest absolute Gasteiger partial charge is 0.0319 e. The molecule has 0 aromatic rings. The molecule has 56 valence electrons. The third-order valence-electron chi connectivity index (χ3n) is 1.53. The first-order chi connectivity index (χ1) is 4.39. The van der Waals surface area contributed by atoms with Crippen LogP contribution in [-0.4, -0.2) is 16.1 Å². The Morgan fingerprint density at radius 2 is 1.56 bits per heavy atom. The van der Waals surface area contributed by atoms with E-state index < -0.39 is 0 Å². The van der Waals surface area contributed by atoms with E-state index in [1.54, 1.807) is 0 Å². The first-order valence-electron chi connectivity index (χ1n) is 3.48. The molecule has 1 nitrogen and oxygen atoms in total. The molecule has 1 saturated carbocycles. The third kappa shape index (κ3) is 5.15. The van der Waals surface area contributed by atoms with Gasteiger partial charge in [0.25, 0.3) is 0 Å². The molecule has 1 fully saturated rings. The lowest BCUT2D eigenvalue weighted by Crippen LogP contribution is -2.02. The van der Waals surface area contributed by atoms with Crippen molar-refractivity contribution in [1.82, 2.24) is 0 Å². The molecule has 1 N–H and O–H groups in total. The van der Waals surface area contributed by atoms with Crippen LogP contribution >= 0.6 is 22.6 Å². The Balaban J connectivity index is 0.000000291. The molecule has 0 aromatic heterocycles. The highest BCUT2D eigenvalue weighted by Gasteiger charge is 2.07. The van der Waals surface area contributed by atoms with Crippen LogP contribution in [0, 0.1) is 0 Å². The zero-order valence-corrected chi connectivity index (χ0v) is 8.10. The minimum absolute atomic E-state index is 1.00. The van der Waals surface area contributed by atoms with Crippen LogP contribution in [0.2, 0.25) is 0 Å². The van der Waals surface area contributed by atoms with Crippen LogP contribution in [0.25, 0.3) is 0 Å². The lowest BCUT2D eigenvalue weighted by atomic mass is 10.0. The maximum absolute atomic E-state index is 7.00. The number of alkyl halides is 1. The van der Waals surface area contributed by atoms with Crippen molar-refractivity contribution in [3.8, 4) is 0 Å². The minimum Gasteiger partial charge on any atom is -0.400 e. The molecule has 2 heteroatoms. The summed E-state index contributed by atoms with van der Waals surface area (Å²) in [5.41, 5.74) is 0. The van der Waals surface area contributed by atoms with Gasteiger partial charge in [-0.2, -0.15) is 0 Å². The molecule has 0 amide bonds. The molecule has 1 aliphatic rings. The van der Waals surface area contributed by atoms with Gasteiger partial charge in [0.05, 0.1) is 0 Å². The first kappa shape index (κ1) is 9.69. The molecule has 0 radical (unpaired) electrons. The fourth-order valence-corrected chi connectivity index (χ4v) is 1.93. The number of aliphatic hydroxyl groups is 1. The van der Waals surface area contributed by atoms with Gasteiger partial charge >= 0.3 is 0 Å². The normalized spacial score (nSPS) is 20.3. The Bertz CT molecular complexity index is 50.9. The fourth-order valence-electron chi connectivity index (χ4n) is 1.05. The molecule has 0 aliphatic heterocycles. The highest BCUT2D eigenvalue weighted by atomic mass is 127. The third-order valence-corrected chi connectivity index (χ3v) is 2.78. The molecule has 0 saturated heterocycles. The maximum atomic E-state index is 7.00. The minimum atomic E-state index is 1.00. The van der Waals surface area contributed by atoms with Crippen LogP contribution in [-0.2, 0) is 0 Å². The topological polar surface area (TPSA) is 20.2 Å². The van der Waals surface area contributed by atoms with Crippen LogP contribution in [0.3, 0.4) is 0 Å². The van der Waals surface area contributed by atoms with Crippen molar-refractivity contribution in [2.45, 2.75) is 36.0 Å². The number of rotatable bonds is 0. The number of aliphatic hydroxyl groups excluding tert-OH is 1. The van der Waals surface area contributed by atoms with Gasteiger partial charge in [-0.15, -0.1) is 0 Å². The van der Waals surface area contributed by atoms with E-state index in [2.05, 4.69) is 22.6 Å². The average molecular weight is 242 g/mol. The van der Waals surface area contributed by atoms with Crippen molar-refractivity contribution >= 4 is 22.6 Å².